The third-order valence-corrected chi connectivity index (χ3v) is 2.62. The maximum absolute atomic E-state index is 9.35. The Morgan fingerprint density at radius 3 is 2.58 bits per heavy atom. The molecule has 0 radical (unpaired) electrons. The lowest BCUT2D eigenvalue weighted by molar-refractivity contribution is 0.485. The number of rotatable bonds is 4. The highest BCUT2D eigenvalue weighted by Crippen LogP contribution is 2.33. The molecule has 0 bridgehead atoms. The van der Waals surface area contributed by atoms with Gasteiger partial charge in [0.25, 0.3) is 0 Å². The molecule has 0 aromatic heterocycles. The maximum atomic E-state index is 9.35. The van der Waals surface area contributed by atoms with Gasteiger partial charge in [-0.25, -0.2) is 0 Å². The summed E-state index contributed by atoms with van der Waals surface area (Å²) < 4.78 is 5.28. The summed E-state index contributed by atoms with van der Waals surface area (Å²) in [4.78, 5) is 9.35. The van der Waals surface area contributed by atoms with Crippen LogP contribution in [-0.4, -0.2) is 11.1 Å². The van der Waals surface area contributed by atoms with E-state index in [1.54, 1.807) is 0 Å². The summed E-state index contributed by atoms with van der Waals surface area (Å²) in [6.07, 6.45) is 1.69. The number of hydrogen-bond acceptors (Lipinski definition) is 2. The Kier molecular flexibility index (Phi) is 4.06. The Bertz CT molecular complexity index is 213. The van der Waals surface area contributed by atoms with Gasteiger partial charge in [-0.15, -0.1) is 0 Å². The predicted octanol–water partition coefficient (Wildman–Crippen LogP) is 2.78. The fourth-order valence-corrected chi connectivity index (χ4v) is 1.68. The summed E-state index contributed by atoms with van der Waals surface area (Å²) in [6.45, 7) is 2.03. The summed E-state index contributed by atoms with van der Waals surface area (Å²) in [5, 5.41) is 0. The van der Waals surface area contributed by atoms with Gasteiger partial charge in [-0.05, 0) is 18.6 Å². The first-order valence-corrected chi connectivity index (χ1v) is 5.42. The average molecular weight is 184 g/mol. The van der Waals surface area contributed by atoms with Gasteiger partial charge in [-0.3, -0.25) is 0 Å². The third kappa shape index (κ3) is 3.21. The molecule has 66 valence electrons. The van der Waals surface area contributed by atoms with Crippen molar-refractivity contribution in [1.82, 2.24) is 0 Å². The van der Waals surface area contributed by atoms with Crippen LogP contribution in [0.2, 0.25) is 0 Å². The monoisotopic (exact) mass is 184 g/mol. The van der Waals surface area contributed by atoms with Crippen molar-refractivity contribution in [3.63, 3.8) is 0 Å². The van der Waals surface area contributed by atoms with E-state index in [4.69, 9.17) is 4.52 Å². The molecule has 1 N–H and O–H groups in total. The van der Waals surface area contributed by atoms with E-state index in [0.717, 1.165) is 18.3 Å². The molecule has 1 aromatic carbocycles. The normalized spacial score (nSPS) is 12.5. The quantitative estimate of drug-likeness (QED) is 0.729. The summed E-state index contributed by atoms with van der Waals surface area (Å²) in [7, 11) is -1.26. The smallest absolute Gasteiger partial charge is 0.227 e. The molecule has 3 heteroatoms. The van der Waals surface area contributed by atoms with Crippen LogP contribution in [0.5, 0.6) is 5.75 Å². The van der Waals surface area contributed by atoms with E-state index < -0.39 is 8.38 Å². The van der Waals surface area contributed by atoms with Gasteiger partial charge in [0.15, 0.2) is 0 Å². The molecule has 0 fully saturated rings. The largest absolute Gasteiger partial charge is 0.447 e. The molecule has 1 unspecified atom stereocenters. The second-order valence-corrected chi connectivity index (χ2v) is 3.81. The van der Waals surface area contributed by atoms with Gasteiger partial charge in [-0.1, -0.05) is 25.1 Å². The van der Waals surface area contributed by atoms with Gasteiger partial charge < -0.3 is 9.42 Å². The summed E-state index contributed by atoms with van der Waals surface area (Å²) in [5.74, 6) is 0.750. The molecule has 1 aromatic rings. The molecule has 1 atom stereocenters. The Morgan fingerprint density at radius 1 is 1.33 bits per heavy atom. The van der Waals surface area contributed by atoms with Gasteiger partial charge in [0.1, 0.15) is 5.75 Å². The Labute approximate surface area is 74.1 Å². The number of benzene rings is 1. The molecule has 0 aliphatic heterocycles. The van der Waals surface area contributed by atoms with Gasteiger partial charge in [0.2, 0.25) is 8.38 Å². The molecule has 1 rings (SSSR count). The van der Waals surface area contributed by atoms with E-state index in [9.17, 15) is 4.89 Å². The fourth-order valence-electron chi connectivity index (χ4n) is 0.840. The molecule has 0 amide bonds. The van der Waals surface area contributed by atoms with Crippen molar-refractivity contribution in [2.24, 2.45) is 0 Å². The lowest BCUT2D eigenvalue weighted by Crippen LogP contribution is -1.89. The van der Waals surface area contributed by atoms with Crippen LogP contribution in [0.3, 0.4) is 0 Å². The van der Waals surface area contributed by atoms with Crippen molar-refractivity contribution < 1.29 is 9.42 Å². The van der Waals surface area contributed by atoms with Crippen molar-refractivity contribution >= 4 is 8.38 Å². The Hall–Kier alpha value is -0.590. The number of hydrogen-bond donors (Lipinski definition) is 1. The van der Waals surface area contributed by atoms with Crippen molar-refractivity contribution in [2.45, 2.75) is 13.3 Å². The predicted molar refractivity (Wildman–Crippen MR) is 51.4 cm³/mol. The van der Waals surface area contributed by atoms with E-state index in [-0.39, 0.29) is 0 Å². The maximum Gasteiger partial charge on any atom is 0.227 e. The second-order valence-electron chi connectivity index (χ2n) is 2.48. The second kappa shape index (κ2) is 5.13. The van der Waals surface area contributed by atoms with Crippen molar-refractivity contribution in [2.75, 3.05) is 6.16 Å². The third-order valence-electron chi connectivity index (χ3n) is 1.37. The van der Waals surface area contributed by atoms with Crippen LogP contribution >= 0.6 is 8.38 Å². The minimum atomic E-state index is -1.26. The molecule has 0 saturated heterocycles. The fraction of sp³-hybridized carbons (Fsp3) is 0.333. The lowest BCUT2D eigenvalue weighted by atomic mass is 10.3. The first-order valence-electron chi connectivity index (χ1n) is 4.02. The molecule has 0 aliphatic rings. The highest BCUT2D eigenvalue weighted by molar-refractivity contribution is 7.46. The van der Waals surface area contributed by atoms with E-state index in [1.807, 2.05) is 37.3 Å². The summed E-state index contributed by atoms with van der Waals surface area (Å²) >= 11 is 0. The van der Waals surface area contributed by atoms with Gasteiger partial charge in [0, 0.05) is 6.16 Å². The molecular formula is C9H13O2P. The van der Waals surface area contributed by atoms with Crippen LogP contribution in [0.15, 0.2) is 30.3 Å². The minimum absolute atomic E-state index is 0.740. The SMILES string of the molecule is CCCP(O)Oc1ccccc1. The first kappa shape index (κ1) is 9.50. The molecular weight excluding hydrogens is 171 g/mol. The van der Waals surface area contributed by atoms with Crippen LogP contribution in [0.1, 0.15) is 13.3 Å². The topological polar surface area (TPSA) is 29.5 Å². The van der Waals surface area contributed by atoms with Crippen LogP contribution in [0.25, 0.3) is 0 Å². The number of para-hydroxylation sites is 1. The molecule has 0 aliphatic carbocycles. The lowest BCUT2D eigenvalue weighted by Gasteiger charge is -2.09. The molecule has 12 heavy (non-hydrogen) atoms. The highest BCUT2D eigenvalue weighted by Gasteiger charge is 2.03. The van der Waals surface area contributed by atoms with Crippen LogP contribution in [0.4, 0.5) is 0 Å². The Balaban J connectivity index is 2.41. The standard InChI is InChI=1S/C9H13O2P/c1-2-8-12(10)11-9-6-4-3-5-7-9/h3-7,10H,2,8H2,1H3. The molecule has 0 heterocycles. The minimum Gasteiger partial charge on any atom is -0.447 e. The summed E-state index contributed by atoms with van der Waals surface area (Å²) in [6, 6.07) is 9.41. The van der Waals surface area contributed by atoms with Crippen LogP contribution < -0.4 is 4.52 Å². The van der Waals surface area contributed by atoms with Gasteiger partial charge in [0.05, 0.1) is 0 Å². The van der Waals surface area contributed by atoms with Gasteiger partial charge >= 0.3 is 0 Å². The zero-order valence-corrected chi connectivity index (χ0v) is 8.00. The van der Waals surface area contributed by atoms with Gasteiger partial charge in [-0.2, -0.15) is 0 Å². The van der Waals surface area contributed by atoms with Crippen molar-refractivity contribution in [3.05, 3.63) is 30.3 Å². The summed E-state index contributed by atoms with van der Waals surface area (Å²) in [5.41, 5.74) is 0. The van der Waals surface area contributed by atoms with Crippen molar-refractivity contribution in [1.29, 1.82) is 0 Å². The zero-order valence-electron chi connectivity index (χ0n) is 7.10. The highest BCUT2D eigenvalue weighted by atomic mass is 31.2. The van der Waals surface area contributed by atoms with E-state index in [0.29, 0.717) is 0 Å². The molecule has 2 nitrogen and oxygen atoms in total. The molecule has 0 spiro atoms. The molecule has 0 saturated carbocycles. The van der Waals surface area contributed by atoms with Crippen LogP contribution in [0, 0.1) is 0 Å². The Morgan fingerprint density at radius 2 is 2.00 bits per heavy atom. The van der Waals surface area contributed by atoms with E-state index >= 15 is 0 Å². The first-order chi connectivity index (χ1) is 5.83. The average Bonchev–Trinajstić information content (AvgIpc) is 2.06. The van der Waals surface area contributed by atoms with Crippen LogP contribution in [-0.2, 0) is 0 Å². The van der Waals surface area contributed by atoms with Crippen molar-refractivity contribution in [3.8, 4) is 5.75 Å². The van der Waals surface area contributed by atoms with E-state index in [1.165, 1.54) is 0 Å². The zero-order chi connectivity index (χ0) is 8.81. The van der Waals surface area contributed by atoms with E-state index in [2.05, 4.69) is 0 Å².